The van der Waals surface area contributed by atoms with Crippen LogP contribution in [0.5, 0.6) is 0 Å². The van der Waals surface area contributed by atoms with Gasteiger partial charge in [0.2, 0.25) is 0 Å². The van der Waals surface area contributed by atoms with Gasteiger partial charge in [0.05, 0.1) is 5.54 Å². The molecule has 1 aromatic heterocycles. The Bertz CT molecular complexity index is 367. The molecule has 0 spiro atoms. The minimum absolute atomic E-state index is 0.238. The van der Waals surface area contributed by atoms with Gasteiger partial charge in [-0.15, -0.1) is 11.3 Å². The largest absolute Gasteiger partial charge is 0.320 e. The van der Waals surface area contributed by atoms with Crippen LogP contribution in [0.3, 0.4) is 0 Å². The van der Waals surface area contributed by atoms with Crippen molar-refractivity contribution in [1.29, 1.82) is 0 Å². The third kappa shape index (κ3) is 1.61. The molecule has 0 saturated heterocycles. The van der Waals surface area contributed by atoms with E-state index in [2.05, 4.69) is 15.9 Å². The molecule has 0 aromatic carbocycles. The number of rotatable bonds is 1. The van der Waals surface area contributed by atoms with Gasteiger partial charge >= 0.3 is 0 Å². The molecule has 0 atom stereocenters. The van der Waals surface area contributed by atoms with Crippen LogP contribution < -0.4 is 5.73 Å². The maximum atomic E-state index is 12.8. The van der Waals surface area contributed by atoms with Crippen LogP contribution in [-0.4, -0.2) is 5.92 Å². The Kier molecular flexibility index (Phi) is 2.25. The van der Waals surface area contributed by atoms with Gasteiger partial charge in [-0.1, -0.05) is 0 Å². The van der Waals surface area contributed by atoms with E-state index in [1.165, 1.54) is 11.3 Å². The monoisotopic (exact) mass is 281 g/mol. The number of aryl methyl sites for hydroxylation is 1. The van der Waals surface area contributed by atoms with Gasteiger partial charge in [-0.05, 0) is 28.9 Å². The van der Waals surface area contributed by atoms with E-state index in [0.29, 0.717) is 0 Å². The lowest BCUT2D eigenvalue weighted by Gasteiger charge is -2.44. The average molecular weight is 282 g/mol. The molecule has 1 saturated carbocycles. The Morgan fingerprint density at radius 3 is 2.43 bits per heavy atom. The highest BCUT2D eigenvalue weighted by molar-refractivity contribution is 9.10. The van der Waals surface area contributed by atoms with Crippen LogP contribution in [0.4, 0.5) is 8.78 Å². The van der Waals surface area contributed by atoms with Gasteiger partial charge in [-0.2, -0.15) is 0 Å². The molecule has 0 unspecified atom stereocenters. The molecular weight excluding hydrogens is 272 g/mol. The number of halogens is 3. The third-order valence-corrected chi connectivity index (χ3v) is 4.57. The zero-order chi connectivity index (χ0) is 10.6. The molecule has 1 aliphatic carbocycles. The first-order valence-electron chi connectivity index (χ1n) is 4.26. The predicted molar refractivity (Wildman–Crippen MR) is 56.8 cm³/mol. The fourth-order valence-corrected chi connectivity index (χ4v) is 3.99. The van der Waals surface area contributed by atoms with E-state index in [-0.39, 0.29) is 12.8 Å². The standard InChI is InChI=1S/C9H10BrF2NS/c1-5-2-6(10)7(14-5)8(13)3-9(11,12)4-8/h2H,3-4,13H2,1H3. The fourth-order valence-electron chi connectivity index (χ4n) is 1.85. The Balaban J connectivity index is 2.29. The lowest BCUT2D eigenvalue weighted by molar-refractivity contribution is -0.124. The number of nitrogens with two attached hydrogens (primary N) is 1. The number of hydrogen-bond acceptors (Lipinski definition) is 2. The van der Waals surface area contributed by atoms with Crippen LogP contribution >= 0.6 is 27.3 Å². The van der Waals surface area contributed by atoms with Crippen molar-refractivity contribution in [2.24, 2.45) is 5.73 Å². The maximum absolute atomic E-state index is 12.8. The fraction of sp³-hybridized carbons (Fsp3) is 0.556. The molecule has 1 aliphatic rings. The molecule has 1 fully saturated rings. The summed E-state index contributed by atoms with van der Waals surface area (Å²) in [5, 5.41) is 0. The molecular formula is C9H10BrF2NS. The van der Waals surface area contributed by atoms with Gasteiger partial charge in [0.25, 0.3) is 5.92 Å². The summed E-state index contributed by atoms with van der Waals surface area (Å²) in [4.78, 5) is 1.94. The van der Waals surface area contributed by atoms with Crippen molar-refractivity contribution in [3.63, 3.8) is 0 Å². The average Bonchev–Trinajstić information content (AvgIpc) is 2.25. The van der Waals surface area contributed by atoms with Gasteiger partial charge in [0.15, 0.2) is 0 Å². The van der Waals surface area contributed by atoms with E-state index < -0.39 is 11.5 Å². The first-order chi connectivity index (χ1) is 6.32. The summed E-state index contributed by atoms with van der Waals surface area (Å²) in [6.45, 7) is 1.94. The molecule has 14 heavy (non-hydrogen) atoms. The van der Waals surface area contributed by atoms with Gasteiger partial charge in [0.1, 0.15) is 0 Å². The summed E-state index contributed by atoms with van der Waals surface area (Å²) in [6.07, 6.45) is -0.475. The molecule has 0 radical (unpaired) electrons. The van der Waals surface area contributed by atoms with Crippen LogP contribution in [-0.2, 0) is 5.54 Å². The molecule has 0 amide bonds. The van der Waals surface area contributed by atoms with Crippen molar-refractivity contribution >= 4 is 27.3 Å². The molecule has 1 heterocycles. The molecule has 0 bridgehead atoms. The number of thiophene rings is 1. The van der Waals surface area contributed by atoms with E-state index in [1.54, 1.807) is 0 Å². The van der Waals surface area contributed by atoms with Crippen molar-refractivity contribution in [3.8, 4) is 0 Å². The third-order valence-electron chi connectivity index (χ3n) is 2.41. The van der Waals surface area contributed by atoms with E-state index in [0.717, 1.165) is 14.2 Å². The zero-order valence-electron chi connectivity index (χ0n) is 7.61. The summed E-state index contributed by atoms with van der Waals surface area (Å²) in [6, 6.07) is 1.92. The van der Waals surface area contributed by atoms with Crippen molar-refractivity contribution in [2.75, 3.05) is 0 Å². The highest BCUT2D eigenvalue weighted by Crippen LogP contribution is 2.53. The normalized spacial score (nSPS) is 23.2. The molecule has 78 valence electrons. The summed E-state index contributed by atoms with van der Waals surface area (Å²) in [5.74, 6) is -2.58. The second-order valence-corrected chi connectivity index (χ2v) is 6.01. The second kappa shape index (κ2) is 3.00. The number of hydrogen-bond donors (Lipinski definition) is 1. The van der Waals surface area contributed by atoms with E-state index >= 15 is 0 Å². The molecule has 2 N–H and O–H groups in total. The Labute approximate surface area is 93.4 Å². The van der Waals surface area contributed by atoms with Crippen molar-refractivity contribution in [2.45, 2.75) is 31.2 Å². The van der Waals surface area contributed by atoms with Gasteiger partial charge in [-0.25, -0.2) is 8.78 Å². The maximum Gasteiger partial charge on any atom is 0.252 e. The Morgan fingerprint density at radius 2 is 2.07 bits per heavy atom. The van der Waals surface area contributed by atoms with E-state index in [9.17, 15) is 8.78 Å². The topological polar surface area (TPSA) is 26.0 Å². The number of alkyl halides is 2. The van der Waals surface area contributed by atoms with Crippen LogP contribution in [0.15, 0.2) is 10.5 Å². The quantitative estimate of drug-likeness (QED) is 0.839. The molecule has 2 rings (SSSR count). The van der Waals surface area contributed by atoms with E-state index in [1.807, 2.05) is 13.0 Å². The second-order valence-electron chi connectivity index (χ2n) is 3.90. The predicted octanol–water partition coefficient (Wildman–Crippen LogP) is 3.40. The van der Waals surface area contributed by atoms with Crippen LogP contribution in [0, 0.1) is 6.92 Å². The van der Waals surface area contributed by atoms with Crippen molar-refractivity contribution in [1.82, 2.24) is 0 Å². The molecule has 0 aliphatic heterocycles. The van der Waals surface area contributed by atoms with Gasteiger partial charge in [-0.3, -0.25) is 0 Å². The lowest BCUT2D eigenvalue weighted by atomic mass is 9.73. The van der Waals surface area contributed by atoms with Crippen molar-refractivity contribution in [3.05, 3.63) is 20.3 Å². The highest BCUT2D eigenvalue weighted by Gasteiger charge is 2.56. The SMILES string of the molecule is Cc1cc(Br)c(C2(N)CC(F)(F)C2)s1. The van der Waals surface area contributed by atoms with Gasteiger partial charge < -0.3 is 5.73 Å². The van der Waals surface area contributed by atoms with Crippen LogP contribution in [0.25, 0.3) is 0 Å². The molecule has 1 nitrogen and oxygen atoms in total. The van der Waals surface area contributed by atoms with Crippen LogP contribution in [0.2, 0.25) is 0 Å². The Hall–Kier alpha value is -0.0000000000000000555. The first-order valence-corrected chi connectivity index (χ1v) is 5.86. The zero-order valence-corrected chi connectivity index (χ0v) is 10.0. The van der Waals surface area contributed by atoms with Crippen molar-refractivity contribution < 1.29 is 8.78 Å². The van der Waals surface area contributed by atoms with E-state index in [4.69, 9.17) is 5.73 Å². The first kappa shape index (κ1) is 10.5. The summed E-state index contributed by atoms with van der Waals surface area (Å²) < 4.78 is 26.4. The summed E-state index contributed by atoms with van der Waals surface area (Å²) in [5.41, 5.74) is 5.10. The summed E-state index contributed by atoms with van der Waals surface area (Å²) >= 11 is 4.84. The minimum atomic E-state index is -2.58. The molecule has 5 heteroatoms. The summed E-state index contributed by atoms with van der Waals surface area (Å²) in [7, 11) is 0. The Morgan fingerprint density at radius 1 is 1.50 bits per heavy atom. The lowest BCUT2D eigenvalue weighted by Crippen LogP contribution is -2.55. The molecule has 1 aromatic rings. The minimum Gasteiger partial charge on any atom is -0.320 e. The van der Waals surface area contributed by atoms with Gasteiger partial charge in [0, 0.05) is 27.1 Å². The van der Waals surface area contributed by atoms with Crippen LogP contribution in [0.1, 0.15) is 22.6 Å². The highest BCUT2D eigenvalue weighted by atomic mass is 79.9. The smallest absolute Gasteiger partial charge is 0.252 e.